The van der Waals surface area contributed by atoms with Crippen molar-refractivity contribution in [1.82, 2.24) is 4.72 Å². The molecule has 0 aromatic carbocycles. The first-order valence-corrected chi connectivity index (χ1v) is 5.73. The number of hydrogen-bond acceptors (Lipinski definition) is 3. The SMILES string of the molecule is C/C=C/C(C)=C/C(=O)NS(=O)(=O)Cl. The van der Waals surface area contributed by atoms with Gasteiger partial charge in [0.2, 0.25) is 0 Å². The first kappa shape index (κ1) is 12.2. The van der Waals surface area contributed by atoms with Gasteiger partial charge in [-0.1, -0.05) is 12.2 Å². The molecule has 4 nitrogen and oxygen atoms in total. The lowest BCUT2D eigenvalue weighted by Gasteiger charge is -1.95. The average molecular weight is 224 g/mol. The van der Waals surface area contributed by atoms with Crippen LogP contribution in [0.5, 0.6) is 0 Å². The largest absolute Gasteiger partial charge is 0.321 e. The Kier molecular flexibility index (Phi) is 4.72. The van der Waals surface area contributed by atoms with E-state index in [1.807, 2.05) is 0 Å². The number of carbonyl (C=O) groups is 1. The summed E-state index contributed by atoms with van der Waals surface area (Å²) >= 11 is 0. The van der Waals surface area contributed by atoms with E-state index in [0.29, 0.717) is 5.57 Å². The van der Waals surface area contributed by atoms with Crippen LogP contribution in [0, 0.1) is 0 Å². The fourth-order valence-electron chi connectivity index (χ4n) is 0.667. The number of rotatable bonds is 3. The monoisotopic (exact) mass is 223 g/mol. The highest BCUT2D eigenvalue weighted by molar-refractivity contribution is 8.12. The van der Waals surface area contributed by atoms with Crippen molar-refractivity contribution in [2.24, 2.45) is 0 Å². The van der Waals surface area contributed by atoms with Crippen LogP contribution in [-0.4, -0.2) is 14.3 Å². The Morgan fingerprint density at radius 2 is 2.00 bits per heavy atom. The third-order valence-corrected chi connectivity index (χ3v) is 1.69. The maximum Gasteiger partial charge on any atom is 0.321 e. The van der Waals surface area contributed by atoms with Gasteiger partial charge in [-0.3, -0.25) is 4.79 Å². The first-order chi connectivity index (χ1) is 5.85. The van der Waals surface area contributed by atoms with Gasteiger partial charge in [0.05, 0.1) is 0 Å². The van der Waals surface area contributed by atoms with Crippen LogP contribution >= 0.6 is 10.7 Å². The Hall–Kier alpha value is -0.810. The van der Waals surface area contributed by atoms with Crippen molar-refractivity contribution in [2.75, 3.05) is 0 Å². The predicted octanol–water partition coefficient (Wildman–Crippen LogP) is 1.11. The van der Waals surface area contributed by atoms with Gasteiger partial charge < -0.3 is 0 Å². The quantitative estimate of drug-likeness (QED) is 0.443. The van der Waals surface area contributed by atoms with Crippen LogP contribution in [0.1, 0.15) is 13.8 Å². The van der Waals surface area contributed by atoms with Crippen molar-refractivity contribution in [3.63, 3.8) is 0 Å². The van der Waals surface area contributed by atoms with Gasteiger partial charge >= 0.3 is 9.24 Å². The summed E-state index contributed by atoms with van der Waals surface area (Å²) in [5, 5.41) is 0. The predicted molar refractivity (Wildman–Crippen MR) is 51.5 cm³/mol. The van der Waals surface area contributed by atoms with E-state index in [2.05, 4.69) is 0 Å². The summed E-state index contributed by atoms with van der Waals surface area (Å²) in [6.07, 6.45) is 4.54. The first-order valence-electron chi connectivity index (χ1n) is 3.42. The lowest BCUT2D eigenvalue weighted by Crippen LogP contribution is -2.24. The van der Waals surface area contributed by atoms with Crippen LogP contribution in [0.25, 0.3) is 0 Å². The summed E-state index contributed by atoms with van der Waals surface area (Å²) in [5.41, 5.74) is 0.639. The molecule has 0 radical (unpaired) electrons. The van der Waals surface area contributed by atoms with Crippen LogP contribution < -0.4 is 4.72 Å². The molecule has 1 N–H and O–H groups in total. The van der Waals surface area contributed by atoms with E-state index in [4.69, 9.17) is 10.7 Å². The second kappa shape index (κ2) is 5.04. The van der Waals surface area contributed by atoms with Crippen molar-refractivity contribution in [2.45, 2.75) is 13.8 Å². The molecule has 0 aliphatic carbocycles. The molecule has 0 saturated carbocycles. The second-order valence-corrected chi connectivity index (χ2v) is 4.59. The molecule has 74 valence electrons. The number of amides is 1. The Morgan fingerprint density at radius 3 is 2.38 bits per heavy atom. The summed E-state index contributed by atoms with van der Waals surface area (Å²) in [5.74, 6) is -0.759. The van der Waals surface area contributed by atoms with Crippen LogP contribution in [0.4, 0.5) is 0 Å². The molecule has 0 atom stereocenters. The average Bonchev–Trinajstić information content (AvgIpc) is 1.81. The molecule has 0 heterocycles. The third kappa shape index (κ3) is 7.55. The van der Waals surface area contributed by atoms with E-state index < -0.39 is 15.1 Å². The minimum atomic E-state index is -3.98. The Morgan fingerprint density at radius 1 is 1.46 bits per heavy atom. The van der Waals surface area contributed by atoms with Gasteiger partial charge in [-0.15, -0.1) is 0 Å². The van der Waals surface area contributed by atoms with Gasteiger partial charge in [-0.2, -0.15) is 8.42 Å². The van der Waals surface area contributed by atoms with Gasteiger partial charge in [0, 0.05) is 16.8 Å². The summed E-state index contributed by atoms with van der Waals surface area (Å²) in [7, 11) is 0.802. The highest BCUT2D eigenvalue weighted by Crippen LogP contribution is 1.96. The number of carbonyl (C=O) groups excluding carboxylic acids is 1. The molecular formula is C7H10ClNO3S. The Balaban J connectivity index is 4.40. The lowest BCUT2D eigenvalue weighted by atomic mass is 10.2. The standard InChI is InChI=1S/C7H10ClNO3S/c1-3-4-6(2)5-7(10)9-13(8,11)12/h3-5H,1-2H3,(H,9,10)/b4-3+,6-5+. The van der Waals surface area contributed by atoms with Gasteiger partial charge in [-0.05, 0) is 19.4 Å². The fraction of sp³-hybridized carbons (Fsp3) is 0.286. The van der Waals surface area contributed by atoms with Crippen molar-refractivity contribution in [3.8, 4) is 0 Å². The maximum absolute atomic E-state index is 10.9. The van der Waals surface area contributed by atoms with Gasteiger partial charge in [0.1, 0.15) is 0 Å². The molecule has 0 aliphatic rings. The maximum atomic E-state index is 10.9. The van der Waals surface area contributed by atoms with Crippen LogP contribution in [0.3, 0.4) is 0 Å². The molecule has 0 saturated heterocycles. The van der Waals surface area contributed by atoms with Crippen molar-refractivity contribution >= 4 is 25.8 Å². The van der Waals surface area contributed by atoms with Gasteiger partial charge in [0.15, 0.2) is 0 Å². The molecular weight excluding hydrogens is 214 g/mol. The second-order valence-electron chi connectivity index (χ2n) is 2.29. The highest BCUT2D eigenvalue weighted by atomic mass is 35.7. The summed E-state index contributed by atoms with van der Waals surface area (Å²) in [6, 6.07) is 0. The zero-order valence-corrected chi connectivity index (χ0v) is 8.82. The van der Waals surface area contributed by atoms with E-state index in [1.165, 1.54) is 0 Å². The van der Waals surface area contributed by atoms with E-state index in [1.54, 1.807) is 30.7 Å². The number of halogens is 1. The zero-order chi connectivity index (χ0) is 10.5. The van der Waals surface area contributed by atoms with E-state index >= 15 is 0 Å². The highest BCUT2D eigenvalue weighted by Gasteiger charge is 2.07. The Bertz CT molecular complexity index is 343. The number of allylic oxidation sites excluding steroid dienone is 3. The van der Waals surface area contributed by atoms with Gasteiger partial charge in [-0.25, -0.2) is 4.72 Å². The molecule has 0 aromatic rings. The topological polar surface area (TPSA) is 63.2 Å². The van der Waals surface area contributed by atoms with E-state index in [0.717, 1.165) is 6.08 Å². The Labute approximate surface area is 81.8 Å². The fourth-order valence-corrected chi connectivity index (χ4v) is 1.19. The zero-order valence-electron chi connectivity index (χ0n) is 7.24. The summed E-state index contributed by atoms with van der Waals surface area (Å²) in [4.78, 5) is 10.9. The van der Waals surface area contributed by atoms with Crippen LogP contribution in [0.2, 0.25) is 0 Å². The molecule has 6 heteroatoms. The van der Waals surface area contributed by atoms with Gasteiger partial charge in [0.25, 0.3) is 5.91 Å². The molecule has 0 unspecified atom stereocenters. The lowest BCUT2D eigenvalue weighted by molar-refractivity contribution is -0.114. The minimum Gasteiger partial charge on any atom is -0.269 e. The molecule has 13 heavy (non-hydrogen) atoms. The number of hydrogen-bond donors (Lipinski definition) is 1. The normalized spacial score (nSPS) is 13.3. The molecule has 0 fully saturated rings. The smallest absolute Gasteiger partial charge is 0.269 e. The number of nitrogens with one attached hydrogen (secondary N) is 1. The van der Waals surface area contributed by atoms with Crippen LogP contribution in [-0.2, 0) is 14.0 Å². The van der Waals surface area contributed by atoms with Crippen LogP contribution in [0.15, 0.2) is 23.8 Å². The molecule has 0 aromatic heterocycles. The molecule has 1 amide bonds. The van der Waals surface area contributed by atoms with Crippen molar-refractivity contribution < 1.29 is 13.2 Å². The minimum absolute atomic E-state index is 0.639. The van der Waals surface area contributed by atoms with Crippen molar-refractivity contribution in [1.29, 1.82) is 0 Å². The summed E-state index contributed by atoms with van der Waals surface area (Å²) in [6.45, 7) is 3.45. The van der Waals surface area contributed by atoms with Crippen molar-refractivity contribution in [3.05, 3.63) is 23.8 Å². The molecule has 0 rings (SSSR count). The molecule has 0 bridgehead atoms. The van der Waals surface area contributed by atoms with E-state index in [9.17, 15) is 13.2 Å². The molecule has 0 spiro atoms. The van der Waals surface area contributed by atoms with E-state index in [-0.39, 0.29) is 0 Å². The molecule has 0 aliphatic heterocycles. The summed E-state index contributed by atoms with van der Waals surface area (Å²) < 4.78 is 22.3. The third-order valence-electron chi connectivity index (χ3n) is 1.01.